The Morgan fingerprint density at radius 2 is 2.07 bits per heavy atom. The second kappa shape index (κ2) is 9.41. The Hall–Kier alpha value is -1.39. The van der Waals surface area contributed by atoms with E-state index in [0.29, 0.717) is 24.3 Å². The van der Waals surface area contributed by atoms with E-state index in [9.17, 15) is 4.79 Å². The molecule has 5 unspecified atom stereocenters. The molecular formula is C24H36N2O2. The van der Waals surface area contributed by atoms with Crippen LogP contribution in [0.2, 0.25) is 0 Å². The minimum Gasteiger partial charge on any atom is -0.375 e. The quantitative estimate of drug-likeness (QED) is 0.806. The first-order valence-corrected chi connectivity index (χ1v) is 11.4. The number of morpholine rings is 1. The molecule has 1 N–H and O–H groups in total. The maximum absolute atomic E-state index is 12.9. The monoisotopic (exact) mass is 384 g/mol. The average molecular weight is 385 g/mol. The molecule has 28 heavy (non-hydrogen) atoms. The zero-order valence-electron chi connectivity index (χ0n) is 17.3. The standard InChI is InChI=1S/C24H36N2O2/c1-2-20-13-19-9-6-10-21(14-19)24(20)25-23(27)15-22-17-26(11-12-28-22)16-18-7-4-3-5-8-18/h3-5,7-8,19-22,24H,2,6,9-17H2,1H3,(H,25,27). The van der Waals surface area contributed by atoms with Crippen molar-refractivity contribution in [3.63, 3.8) is 0 Å². The molecule has 2 bridgehead atoms. The van der Waals surface area contributed by atoms with Gasteiger partial charge in [0, 0.05) is 25.7 Å². The van der Waals surface area contributed by atoms with Gasteiger partial charge >= 0.3 is 0 Å². The number of hydrogen-bond acceptors (Lipinski definition) is 3. The van der Waals surface area contributed by atoms with Crippen molar-refractivity contribution in [3.8, 4) is 0 Å². The third-order valence-electron chi connectivity index (χ3n) is 7.21. The first-order valence-electron chi connectivity index (χ1n) is 11.4. The molecule has 0 aromatic heterocycles. The summed E-state index contributed by atoms with van der Waals surface area (Å²) in [5.74, 6) is 2.46. The molecule has 2 saturated carbocycles. The highest BCUT2D eigenvalue weighted by atomic mass is 16.5. The summed E-state index contributed by atoms with van der Waals surface area (Å²) in [5, 5.41) is 3.45. The second-order valence-corrected chi connectivity index (χ2v) is 9.21. The summed E-state index contributed by atoms with van der Waals surface area (Å²) in [7, 11) is 0. The molecular weight excluding hydrogens is 348 g/mol. The molecule has 3 aliphatic rings. The molecule has 2 aliphatic carbocycles. The molecule has 1 heterocycles. The zero-order chi connectivity index (χ0) is 19.3. The van der Waals surface area contributed by atoms with E-state index < -0.39 is 0 Å². The van der Waals surface area contributed by atoms with Crippen molar-refractivity contribution in [2.45, 2.75) is 70.6 Å². The fourth-order valence-electron chi connectivity index (χ4n) is 5.83. The molecule has 1 aliphatic heterocycles. The first-order chi connectivity index (χ1) is 13.7. The van der Waals surface area contributed by atoms with Gasteiger partial charge < -0.3 is 10.1 Å². The van der Waals surface area contributed by atoms with Crippen LogP contribution in [0.15, 0.2) is 30.3 Å². The molecule has 1 amide bonds. The second-order valence-electron chi connectivity index (χ2n) is 9.21. The minimum absolute atomic E-state index is 0.0141. The average Bonchev–Trinajstić information content (AvgIpc) is 2.71. The van der Waals surface area contributed by atoms with Crippen molar-refractivity contribution in [1.82, 2.24) is 10.2 Å². The maximum atomic E-state index is 12.9. The molecule has 4 heteroatoms. The maximum Gasteiger partial charge on any atom is 0.222 e. The summed E-state index contributed by atoms with van der Waals surface area (Å²) in [4.78, 5) is 15.3. The third kappa shape index (κ3) is 4.96. The third-order valence-corrected chi connectivity index (χ3v) is 7.21. The van der Waals surface area contributed by atoms with E-state index in [1.54, 1.807) is 0 Å². The highest BCUT2D eigenvalue weighted by Crippen LogP contribution is 2.43. The SMILES string of the molecule is CCC1CC2CCCC(C2)C1NC(=O)CC1CN(Cc2ccccc2)CCO1. The van der Waals surface area contributed by atoms with Gasteiger partial charge in [0.2, 0.25) is 5.91 Å². The lowest BCUT2D eigenvalue weighted by atomic mass is 9.64. The van der Waals surface area contributed by atoms with E-state index in [4.69, 9.17) is 4.74 Å². The van der Waals surface area contributed by atoms with Crippen LogP contribution in [0.3, 0.4) is 0 Å². The van der Waals surface area contributed by atoms with Crippen LogP contribution in [-0.2, 0) is 16.1 Å². The molecule has 4 rings (SSSR count). The number of ether oxygens (including phenoxy) is 1. The summed E-state index contributed by atoms with van der Waals surface area (Å²) in [6.45, 7) is 5.73. The molecule has 1 aromatic rings. The van der Waals surface area contributed by atoms with Gasteiger partial charge in [-0.05, 0) is 42.6 Å². The molecule has 0 radical (unpaired) electrons. The summed E-state index contributed by atoms with van der Waals surface area (Å²) >= 11 is 0. The van der Waals surface area contributed by atoms with Crippen molar-refractivity contribution in [3.05, 3.63) is 35.9 Å². The number of rotatable bonds is 6. The van der Waals surface area contributed by atoms with Gasteiger partial charge in [-0.2, -0.15) is 0 Å². The number of nitrogens with one attached hydrogen (secondary N) is 1. The van der Waals surface area contributed by atoms with E-state index >= 15 is 0 Å². The smallest absolute Gasteiger partial charge is 0.222 e. The molecule has 5 atom stereocenters. The van der Waals surface area contributed by atoms with Crippen molar-refractivity contribution in [1.29, 1.82) is 0 Å². The predicted molar refractivity (Wildman–Crippen MR) is 112 cm³/mol. The van der Waals surface area contributed by atoms with Gasteiger partial charge in [-0.1, -0.05) is 56.5 Å². The first kappa shape index (κ1) is 19.9. The number of amides is 1. The molecule has 1 aromatic carbocycles. The number of carbonyl (C=O) groups is 1. The van der Waals surface area contributed by atoms with Crippen molar-refractivity contribution in [2.24, 2.45) is 17.8 Å². The van der Waals surface area contributed by atoms with Crippen LogP contribution in [0.25, 0.3) is 0 Å². The van der Waals surface area contributed by atoms with Crippen LogP contribution in [0.4, 0.5) is 0 Å². The normalized spacial score (nSPS) is 33.4. The lowest BCUT2D eigenvalue weighted by molar-refractivity contribution is -0.128. The topological polar surface area (TPSA) is 41.6 Å². The summed E-state index contributed by atoms with van der Waals surface area (Å²) in [6, 6.07) is 11.0. The summed E-state index contributed by atoms with van der Waals surface area (Å²) < 4.78 is 5.94. The lowest BCUT2D eigenvalue weighted by Crippen LogP contribution is -2.51. The molecule has 0 spiro atoms. The Morgan fingerprint density at radius 3 is 2.89 bits per heavy atom. The van der Waals surface area contributed by atoms with Crippen molar-refractivity contribution < 1.29 is 9.53 Å². The largest absolute Gasteiger partial charge is 0.375 e. The van der Waals surface area contributed by atoms with Crippen LogP contribution in [0.1, 0.15) is 57.4 Å². The summed E-state index contributed by atoms with van der Waals surface area (Å²) in [5.41, 5.74) is 1.33. The molecule has 4 nitrogen and oxygen atoms in total. The van der Waals surface area contributed by atoms with Crippen LogP contribution in [0.5, 0.6) is 0 Å². The highest BCUT2D eigenvalue weighted by molar-refractivity contribution is 5.77. The number of carbonyl (C=O) groups excluding carboxylic acids is 1. The Labute approximate surface area is 170 Å². The van der Waals surface area contributed by atoms with Gasteiger partial charge in [-0.3, -0.25) is 9.69 Å². The van der Waals surface area contributed by atoms with E-state index in [0.717, 1.165) is 32.2 Å². The van der Waals surface area contributed by atoms with Crippen LogP contribution in [-0.4, -0.2) is 42.6 Å². The Bertz CT molecular complexity index is 633. The van der Waals surface area contributed by atoms with Gasteiger partial charge in [0.05, 0.1) is 19.1 Å². The Balaban J connectivity index is 1.29. The lowest BCUT2D eigenvalue weighted by Gasteiger charge is -2.45. The van der Waals surface area contributed by atoms with Gasteiger partial charge in [-0.25, -0.2) is 0 Å². The van der Waals surface area contributed by atoms with Crippen molar-refractivity contribution >= 4 is 5.91 Å². The Morgan fingerprint density at radius 1 is 1.21 bits per heavy atom. The van der Waals surface area contributed by atoms with E-state index in [-0.39, 0.29) is 12.0 Å². The predicted octanol–water partition coefficient (Wildman–Crippen LogP) is 4.00. The van der Waals surface area contributed by atoms with E-state index in [1.807, 2.05) is 0 Å². The molecule has 1 saturated heterocycles. The van der Waals surface area contributed by atoms with E-state index in [1.165, 1.54) is 44.1 Å². The minimum atomic E-state index is 0.0141. The van der Waals surface area contributed by atoms with Crippen molar-refractivity contribution in [2.75, 3.05) is 19.7 Å². The fraction of sp³-hybridized carbons (Fsp3) is 0.708. The van der Waals surface area contributed by atoms with Crippen LogP contribution >= 0.6 is 0 Å². The number of fused-ring (bicyclic) bond motifs is 2. The van der Waals surface area contributed by atoms with E-state index in [2.05, 4.69) is 47.5 Å². The number of benzene rings is 1. The fourth-order valence-corrected chi connectivity index (χ4v) is 5.83. The number of hydrogen-bond donors (Lipinski definition) is 1. The molecule has 3 fully saturated rings. The van der Waals surface area contributed by atoms with Crippen LogP contribution in [0, 0.1) is 17.8 Å². The molecule has 154 valence electrons. The Kier molecular flexibility index (Phi) is 6.69. The van der Waals surface area contributed by atoms with Crippen LogP contribution < -0.4 is 5.32 Å². The summed E-state index contributed by atoms with van der Waals surface area (Å²) in [6.07, 6.45) is 8.37. The van der Waals surface area contributed by atoms with Gasteiger partial charge in [-0.15, -0.1) is 0 Å². The highest BCUT2D eigenvalue weighted by Gasteiger charge is 2.39. The van der Waals surface area contributed by atoms with Gasteiger partial charge in [0.15, 0.2) is 0 Å². The zero-order valence-corrected chi connectivity index (χ0v) is 17.3. The van der Waals surface area contributed by atoms with Gasteiger partial charge in [0.1, 0.15) is 0 Å². The number of nitrogens with zero attached hydrogens (tertiary/aromatic N) is 1. The van der Waals surface area contributed by atoms with Gasteiger partial charge in [0.25, 0.3) is 0 Å².